The van der Waals surface area contributed by atoms with Gasteiger partial charge in [0.25, 0.3) is 0 Å². The Kier molecular flexibility index (Phi) is 5.97. The van der Waals surface area contributed by atoms with Gasteiger partial charge in [0.2, 0.25) is 0 Å². The van der Waals surface area contributed by atoms with Crippen molar-refractivity contribution in [2.75, 3.05) is 13.6 Å². The van der Waals surface area contributed by atoms with Crippen LogP contribution < -0.4 is 5.32 Å². The molecule has 0 fully saturated rings. The summed E-state index contributed by atoms with van der Waals surface area (Å²) in [6, 6.07) is 19.1. The summed E-state index contributed by atoms with van der Waals surface area (Å²) in [6.07, 6.45) is 0.120. The Morgan fingerprint density at radius 3 is 2.19 bits per heavy atom. The third-order valence-corrected chi connectivity index (χ3v) is 3.83. The maximum atomic E-state index is 5.95. The van der Waals surface area contributed by atoms with E-state index in [2.05, 4.69) is 55.6 Å². The second-order valence-electron chi connectivity index (χ2n) is 5.56. The van der Waals surface area contributed by atoms with Gasteiger partial charge in [0, 0.05) is 6.54 Å². The quantitative estimate of drug-likeness (QED) is 0.818. The first-order valence-corrected chi connectivity index (χ1v) is 7.60. The van der Waals surface area contributed by atoms with Crippen molar-refractivity contribution in [2.24, 2.45) is 0 Å². The minimum absolute atomic E-state index is 0.120. The van der Waals surface area contributed by atoms with Gasteiger partial charge < -0.3 is 10.1 Å². The molecule has 0 aliphatic carbocycles. The molecule has 0 saturated carbocycles. The lowest BCUT2D eigenvalue weighted by Crippen LogP contribution is -2.14. The van der Waals surface area contributed by atoms with Crippen molar-refractivity contribution in [2.45, 2.75) is 32.5 Å². The fourth-order valence-corrected chi connectivity index (χ4v) is 2.41. The topological polar surface area (TPSA) is 21.3 Å². The van der Waals surface area contributed by atoms with Crippen LogP contribution in [0.3, 0.4) is 0 Å². The van der Waals surface area contributed by atoms with Crippen molar-refractivity contribution < 1.29 is 4.74 Å². The van der Waals surface area contributed by atoms with Crippen molar-refractivity contribution in [1.29, 1.82) is 0 Å². The average Bonchev–Trinajstić information content (AvgIpc) is 2.54. The second kappa shape index (κ2) is 7.96. The Morgan fingerprint density at radius 2 is 1.57 bits per heavy atom. The smallest absolute Gasteiger partial charge is 0.0801 e. The van der Waals surface area contributed by atoms with Crippen LogP contribution in [-0.2, 0) is 11.3 Å². The van der Waals surface area contributed by atoms with Crippen LogP contribution in [-0.4, -0.2) is 13.6 Å². The number of nitrogens with one attached hydrogen (secondary N) is 1. The fraction of sp³-hybridized carbons (Fsp3) is 0.368. The van der Waals surface area contributed by atoms with Gasteiger partial charge in [-0.1, -0.05) is 61.5 Å². The molecule has 0 spiro atoms. The van der Waals surface area contributed by atoms with E-state index in [1.54, 1.807) is 0 Å². The van der Waals surface area contributed by atoms with Crippen LogP contribution in [0, 0.1) is 0 Å². The van der Waals surface area contributed by atoms with Crippen LogP contribution >= 0.6 is 0 Å². The third-order valence-electron chi connectivity index (χ3n) is 3.83. The predicted octanol–water partition coefficient (Wildman–Crippen LogP) is 4.29. The number of hydrogen-bond donors (Lipinski definition) is 1. The van der Waals surface area contributed by atoms with Gasteiger partial charge in [-0.15, -0.1) is 0 Å². The van der Waals surface area contributed by atoms with Crippen LogP contribution in [0.25, 0.3) is 0 Å². The molecule has 0 aliphatic heterocycles. The van der Waals surface area contributed by atoms with Crippen LogP contribution in [0.2, 0.25) is 0 Å². The molecule has 0 amide bonds. The van der Waals surface area contributed by atoms with Gasteiger partial charge in [-0.3, -0.25) is 0 Å². The maximum Gasteiger partial charge on any atom is 0.0801 e. The summed E-state index contributed by atoms with van der Waals surface area (Å²) in [5.41, 5.74) is 3.80. The highest BCUT2D eigenvalue weighted by Crippen LogP contribution is 2.19. The van der Waals surface area contributed by atoms with Crippen molar-refractivity contribution in [3.63, 3.8) is 0 Å². The van der Waals surface area contributed by atoms with Crippen LogP contribution in [0.15, 0.2) is 54.6 Å². The van der Waals surface area contributed by atoms with E-state index in [0.717, 1.165) is 6.54 Å². The van der Waals surface area contributed by atoms with E-state index in [0.29, 0.717) is 12.5 Å². The molecule has 0 aromatic heterocycles. The van der Waals surface area contributed by atoms with Gasteiger partial charge in [-0.05, 0) is 36.6 Å². The molecule has 2 unspecified atom stereocenters. The lowest BCUT2D eigenvalue weighted by molar-refractivity contribution is 0.0525. The summed E-state index contributed by atoms with van der Waals surface area (Å²) in [4.78, 5) is 0. The molecule has 1 N–H and O–H groups in total. The normalized spacial score (nSPS) is 13.9. The van der Waals surface area contributed by atoms with E-state index < -0.39 is 0 Å². The first-order chi connectivity index (χ1) is 10.2. The molecule has 112 valence electrons. The van der Waals surface area contributed by atoms with E-state index in [1.807, 2.05) is 25.2 Å². The molecule has 21 heavy (non-hydrogen) atoms. The first kappa shape index (κ1) is 15.7. The van der Waals surface area contributed by atoms with Gasteiger partial charge in [-0.2, -0.15) is 0 Å². The lowest BCUT2D eigenvalue weighted by atomic mass is 10.00. The summed E-state index contributed by atoms with van der Waals surface area (Å²) < 4.78 is 5.95. The number of likely N-dealkylation sites (N-methyl/N-ethyl adjacent to an activating group) is 1. The molecular weight excluding hydrogens is 258 g/mol. The zero-order valence-electron chi connectivity index (χ0n) is 13.2. The standard InChI is InChI=1S/C19H25NO/c1-15(13-20-3)18-11-9-17(10-12-18)14-21-16(2)19-7-5-4-6-8-19/h4-12,15-16,20H,13-14H2,1-3H3. The summed E-state index contributed by atoms with van der Waals surface area (Å²) in [7, 11) is 1.99. The number of ether oxygens (including phenoxy) is 1. The molecule has 2 nitrogen and oxygen atoms in total. The van der Waals surface area contributed by atoms with Gasteiger partial charge >= 0.3 is 0 Å². The molecule has 0 radical (unpaired) electrons. The summed E-state index contributed by atoms with van der Waals surface area (Å²) in [5.74, 6) is 0.535. The Bertz CT molecular complexity index is 521. The zero-order valence-corrected chi connectivity index (χ0v) is 13.2. The fourth-order valence-electron chi connectivity index (χ4n) is 2.41. The Balaban J connectivity index is 1.89. The Hall–Kier alpha value is -1.64. The molecule has 0 heterocycles. The zero-order chi connectivity index (χ0) is 15.1. The highest BCUT2D eigenvalue weighted by Gasteiger charge is 2.07. The molecule has 2 atom stereocenters. The van der Waals surface area contributed by atoms with Crippen LogP contribution in [0.4, 0.5) is 0 Å². The molecule has 0 bridgehead atoms. The van der Waals surface area contributed by atoms with E-state index >= 15 is 0 Å². The average molecular weight is 283 g/mol. The SMILES string of the molecule is CNCC(C)c1ccc(COC(C)c2ccccc2)cc1. The van der Waals surface area contributed by atoms with Crippen molar-refractivity contribution in [1.82, 2.24) is 5.32 Å². The minimum Gasteiger partial charge on any atom is -0.369 e. The molecule has 2 heteroatoms. The molecule has 0 aliphatic rings. The predicted molar refractivity (Wildman–Crippen MR) is 88.4 cm³/mol. The number of hydrogen-bond acceptors (Lipinski definition) is 2. The van der Waals surface area contributed by atoms with Crippen LogP contribution in [0.1, 0.15) is 42.6 Å². The summed E-state index contributed by atoms with van der Waals surface area (Å²) in [6.45, 7) is 5.98. The molecule has 2 aromatic rings. The Labute approximate surface area is 128 Å². The molecule has 0 saturated heterocycles. The highest BCUT2D eigenvalue weighted by molar-refractivity contribution is 5.25. The lowest BCUT2D eigenvalue weighted by Gasteiger charge is -2.15. The highest BCUT2D eigenvalue weighted by atomic mass is 16.5. The minimum atomic E-state index is 0.120. The number of rotatable bonds is 7. The third kappa shape index (κ3) is 4.69. The van der Waals surface area contributed by atoms with E-state index in [-0.39, 0.29) is 6.10 Å². The second-order valence-corrected chi connectivity index (χ2v) is 5.56. The van der Waals surface area contributed by atoms with E-state index in [4.69, 9.17) is 4.74 Å². The molecule has 2 aromatic carbocycles. The van der Waals surface area contributed by atoms with Crippen molar-refractivity contribution in [3.05, 3.63) is 71.3 Å². The molecular formula is C19H25NO. The monoisotopic (exact) mass is 283 g/mol. The van der Waals surface area contributed by atoms with Gasteiger partial charge in [0.05, 0.1) is 12.7 Å². The van der Waals surface area contributed by atoms with Gasteiger partial charge in [0.1, 0.15) is 0 Å². The van der Waals surface area contributed by atoms with Crippen LogP contribution in [0.5, 0.6) is 0 Å². The van der Waals surface area contributed by atoms with Gasteiger partial charge in [0.15, 0.2) is 0 Å². The van der Waals surface area contributed by atoms with Gasteiger partial charge in [-0.25, -0.2) is 0 Å². The van der Waals surface area contributed by atoms with E-state index in [9.17, 15) is 0 Å². The summed E-state index contributed by atoms with van der Waals surface area (Å²) in [5, 5.41) is 3.21. The van der Waals surface area contributed by atoms with E-state index in [1.165, 1.54) is 16.7 Å². The Morgan fingerprint density at radius 1 is 0.905 bits per heavy atom. The summed E-state index contributed by atoms with van der Waals surface area (Å²) >= 11 is 0. The first-order valence-electron chi connectivity index (χ1n) is 7.60. The maximum absolute atomic E-state index is 5.95. The number of benzene rings is 2. The van der Waals surface area contributed by atoms with Crippen molar-refractivity contribution >= 4 is 0 Å². The van der Waals surface area contributed by atoms with Crippen molar-refractivity contribution in [3.8, 4) is 0 Å². The largest absolute Gasteiger partial charge is 0.369 e. The molecule has 2 rings (SSSR count).